The maximum Gasteiger partial charge on any atom is 0.332 e. The molecule has 0 aliphatic carbocycles. The van der Waals surface area contributed by atoms with Crippen LogP contribution in [0.2, 0.25) is 0 Å². The molecule has 3 aromatic rings. The summed E-state index contributed by atoms with van der Waals surface area (Å²) < 4.78 is 10.6. The standard InChI is InChI=1S/C25H22N2O5/c1-18(28)31-17-22-13-12-21(32-22)14-23-24(29)27(16-20-10-6-3-7-11-20)25(30)26(23)15-19-8-4-2-5-9-19/h2-14H,15-17H2,1H3. The van der Waals surface area contributed by atoms with Crippen LogP contribution in [0.3, 0.4) is 0 Å². The molecule has 1 saturated heterocycles. The van der Waals surface area contributed by atoms with Crippen molar-refractivity contribution in [3.63, 3.8) is 0 Å². The highest BCUT2D eigenvalue weighted by atomic mass is 16.5. The lowest BCUT2D eigenvalue weighted by molar-refractivity contribution is -0.142. The Labute approximate surface area is 185 Å². The van der Waals surface area contributed by atoms with E-state index in [1.54, 1.807) is 18.2 Å². The molecular weight excluding hydrogens is 408 g/mol. The summed E-state index contributed by atoms with van der Waals surface area (Å²) in [6.07, 6.45) is 1.55. The first-order chi connectivity index (χ1) is 15.5. The van der Waals surface area contributed by atoms with Gasteiger partial charge < -0.3 is 9.15 Å². The van der Waals surface area contributed by atoms with Crippen LogP contribution in [0.5, 0.6) is 0 Å². The van der Waals surface area contributed by atoms with Crippen LogP contribution in [0.25, 0.3) is 6.08 Å². The van der Waals surface area contributed by atoms with E-state index < -0.39 is 11.9 Å². The minimum atomic E-state index is -0.413. The number of carbonyl (C=O) groups excluding carboxylic acids is 3. The Hall–Kier alpha value is -4.13. The second kappa shape index (κ2) is 9.34. The van der Waals surface area contributed by atoms with Crippen LogP contribution in [0.1, 0.15) is 29.6 Å². The Kier molecular flexibility index (Phi) is 6.17. The monoisotopic (exact) mass is 430 g/mol. The number of urea groups is 1. The summed E-state index contributed by atoms with van der Waals surface area (Å²) >= 11 is 0. The van der Waals surface area contributed by atoms with Crippen LogP contribution in [0.15, 0.2) is 82.9 Å². The van der Waals surface area contributed by atoms with Crippen LogP contribution >= 0.6 is 0 Å². The van der Waals surface area contributed by atoms with E-state index in [1.165, 1.54) is 16.7 Å². The first-order valence-electron chi connectivity index (χ1n) is 10.2. The van der Waals surface area contributed by atoms with E-state index in [4.69, 9.17) is 9.15 Å². The number of amides is 3. The number of hydrogen-bond acceptors (Lipinski definition) is 5. The van der Waals surface area contributed by atoms with Gasteiger partial charge in [0.2, 0.25) is 0 Å². The number of carbonyl (C=O) groups is 3. The van der Waals surface area contributed by atoms with Gasteiger partial charge in [-0.05, 0) is 23.3 Å². The Bertz CT molecular complexity index is 1150. The molecule has 1 aliphatic rings. The van der Waals surface area contributed by atoms with Crippen molar-refractivity contribution in [1.29, 1.82) is 0 Å². The van der Waals surface area contributed by atoms with E-state index in [1.807, 2.05) is 60.7 Å². The van der Waals surface area contributed by atoms with Gasteiger partial charge in [0.1, 0.15) is 23.8 Å². The zero-order chi connectivity index (χ0) is 22.5. The van der Waals surface area contributed by atoms with Gasteiger partial charge in [-0.15, -0.1) is 0 Å². The van der Waals surface area contributed by atoms with E-state index in [2.05, 4.69) is 0 Å². The molecule has 0 bridgehead atoms. The first kappa shape index (κ1) is 21.1. The average Bonchev–Trinajstić information content (AvgIpc) is 3.33. The molecule has 162 valence electrons. The number of benzene rings is 2. The van der Waals surface area contributed by atoms with Crippen molar-refractivity contribution in [2.75, 3.05) is 0 Å². The molecule has 0 N–H and O–H groups in total. The van der Waals surface area contributed by atoms with Crippen LogP contribution < -0.4 is 0 Å². The van der Waals surface area contributed by atoms with Crippen molar-refractivity contribution < 1.29 is 23.5 Å². The summed E-state index contributed by atoms with van der Waals surface area (Å²) in [6.45, 7) is 1.75. The molecule has 0 radical (unpaired) electrons. The van der Waals surface area contributed by atoms with Crippen LogP contribution in [-0.2, 0) is 34.0 Å². The number of nitrogens with zero attached hydrogens (tertiary/aromatic N) is 2. The van der Waals surface area contributed by atoms with Gasteiger partial charge >= 0.3 is 12.0 Å². The van der Waals surface area contributed by atoms with Crippen LogP contribution in [0, 0.1) is 0 Å². The fraction of sp³-hybridized carbons (Fsp3) is 0.160. The number of hydrogen-bond donors (Lipinski definition) is 0. The number of rotatable bonds is 7. The number of furan rings is 1. The van der Waals surface area contributed by atoms with Crippen molar-refractivity contribution in [3.8, 4) is 0 Å². The van der Waals surface area contributed by atoms with Crippen molar-refractivity contribution in [2.45, 2.75) is 26.6 Å². The third kappa shape index (κ3) is 4.78. The van der Waals surface area contributed by atoms with Gasteiger partial charge in [-0.3, -0.25) is 19.4 Å². The third-order valence-corrected chi connectivity index (χ3v) is 4.96. The normalized spacial score (nSPS) is 15.0. The topological polar surface area (TPSA) is 80.1 Å². The number of ether oxygens (including phenoxy) is 1. The van der Waals surface area contributed by atoms with Gasteiger partial charge in [0.05, 0.1) is 13.1 Å². The fourth-order valence-corrected chi connectivity index (χ4v) is 3.41. The summed E-state index contributed by atoms with van der Waals surface area (Å²) in [5.74, 6) is 0.0266. The quantitative estimate of drug-likeness (QED) is 0.316. The molecule has 7 heteroatoms. The molecule has 0 spiro atoms. The zero-order valence-corrected chi connectivity index (χ0v) is 17.6. The molecule has 0 atom stereocenters. The molecule has 7 nitrogen and oxygen atoms in total. The van der Waals surface area contributed by atoms with E-state index in [0.29, 0.717) is 11.5 Å². The van der Waals surface area contributed by atoms with E-state index >= 15 is 0 Å². The third-order valence-electron chi connectivity index (χ3n) is 4.96. The largest absolute Gasteiger partial charge is 0.458 e. The number of imide groups is 1. The predicted octanol–water partition coefficient (Wildman–Crippen LogP) is 4.35. The Morgan fingerprint density at radius 1 is 0.875 bits per heavy atom. The highest BCUT2D eigenvalue weighted by Crippen LogP contribution is 2.28. The molecule has 1 aliphatic heterocycles. The van der Waals surface area contributed by atoms with Gasteiger partial charge in [0.15, 0.2) is 0 Å². The van der Waals surface area contributed by atoms with Crippen molar-refractivity contribution in [3.05, 3.63) is 101 Å². The lowest BCUT2D eigenvalue weighted by Gasteiger charge is -2.17. The van der Waals surface area contributed by atoms with E-state index in [9.17, 15) is 14.4 Å². The van der Waals surface area contributed by atoms with E-state index in [-0.39, 0.29) is 31.4 Å². The van der Waals surface area contributed by atoms with Crippen molar-refractivity contribution in [2.24, 2.45) is 0 Å². The number of esters is 1. The Morgan fingerprint density at radius 3 is 2.06 bits per heavy atom. The van der Waals surface area contributed by atoms with Gasteiger partial charge in [-0.25, -0.2) is 4.79 Å². The SMILES string of the molecule is CC(=O)OCc1ccc(C=C2C(=O)N(Cc3ccccc3)C(=O)N2Cc2ccccc2)o1. The van der Waals surface area contributed by atoms with Gasteiger partial charge in [-0.2, -0.15) is 0 Å². The maximum absolute atomic E-state index is 13.2. The molecular formula is C25H22N2O5. The summed E-state index contributed by atoms with van der Waals surface area (Å²) in [6, 6.07) is 21.8. The highest BCUT2D eigenvalue weighted by molar-refractivity contribution is 6.13. The lowest BCUT2D eigenvalue weighted by atomic mass is 10.2. The molecule has 4 rings (SSSR count). The summed E-state index contributed by atoms with van der Waals surface area (Å²) in [5.41, 5.74) is 1.98. The Morgan fingerprint density at radius 2 is 1.47 bits per heavy atom. The van der Waals surface area contributed by atoms with Crippen LogP contribution in [0.4, 0.5) is 4.79 Å². The molecule has 1 fully saturated rings. The van der Waals surface area contributed by atoms with Gasteiger partial charge in [0.25, 0.3) is 5.91 Å². The van der Waals surface area contributed by atoms with Gasteiger partial charge in [-0.1, -0.05) is 60.7 Å². The zero-order valence-electron chi connectivity index (χ0n) is 17.6. The van der Waals surface area contributed by atoms with Crippen LogP contribution in [-0.4, -0.2) is 27.7 Å². The summed E-state index contributed by atoms with van der Waals surface area (Å²) in [7, 11) is 0. The second-order valence-electron chi connectivity index (χ2n) is 7.35. The van der Waals surface area contributed by atoms with Gasteiger partial charge in [0, 0.05) is 13.0 Å². The molecule has 1 aromatic heterocycles. The molecule has 0 unspecified atom stereocenters. The summed E-state index contributed by atoms with van der Waals surface area (Å²) in [5, 5.41) is 0. The molecule has 2 heterocycles. The molecule has 3 amide bonds. The lowest BCUT2D eigenvalue weighted by Crippen LogP contribution is -2.32. The highest BCUT2D eigenvalue weighted by Gasteiger charge is 2.41. The Balaban J connectivity index is 1.63. The smallest absolute Gasteiger partial charge is 0.332 e. The minimum Gasteiger partial charge on any atom is -0.458 e. The minimum absolute atomic E-state index is 0.000749. The second-order valence-corrected chi connectivity index (χ2v) is 7.35. The van der Waals surface area contributed by atoms with Crippen molar-refractivity contribution in [1.82, 2.24) is 9.80 Å². The molecule has 32 heavy (non-hydrogen) atoms. The average molecular weight is 430 g/mol. The summed E-state index contributed by atoms with van der Waals surface area (Å²) in [4.78, 5) is 40.1. The fourth-order valence-electron chi connectivity index (χ4n) is 3.41. The molecule has 0 saturated carbocycles. The first-order valence-corrected chi connectivity index (χ1v) is 10.2. The maximum atomic E-state index is 13.2. The predicted molar refractivity (Wildman–Crippen MR) is 117 cm³/mol. The van der Waals surface area contributed by atoms with E-state index in [0.717, 1.165) is 11.1 Å². The molecule has 2 aromatic carbocycles. The van der Waals surface area contributed by atoms with Crippen molar-refractivity contribution >= 4 is 24.0 Å².